The third-order valence-electron chi connectivity index (χ3n) is 3.04. The van der Waals surface area contributed by atoms with Gasteiger partial charge in [0.25, 0.3) is 0 Å². The third-order valence-corrected chi connectivity index (χ3v) is 3.60. The summed E-state index contributed by atoms with van der Waals surface area (Å²) in [6.45, 7) is 2.10. The van der Waals surface area contributed by atoms with E-state index in [2.05, 4.69) is 22.9 Å². The first kappa shape index (κ1) is 10.0. The lowest BCUT2D eigenvalue weighted by atomic mass is 10.2. The lowest BCUT2D eigenvalue weighted by molar-refractivity contribution is 0.466. The second-order valence-electron chi connectivity index (χ2n) is 4.07. The van der Waals surface area contributed by atoms with Crippen LogP contribution in [0, 0.1) is 0 Å². The van der Waals surface area contributed by atoms with Crippen LogP contribution in [-0.4, -0.2) is 9.78 Å². The number of hydrogen-bond acceptors (Lipinski definition) is 1. The molecule has 78 valence electrons. The predicted octanol–water partition coefficient (Wildman–Crippen LogP) is 3.69. The van der Waals surface area contributed by atoms with Gasteiger partial charge in [-0.05, 0) is 19.3 Å². The Bertz CT molecular complexity index is 289. The Balaban J connectivity index is 2.08. The molecule has 14 heavy (non-hydrogen) atoms. The van der Waals surface area contributed by atoms with Crippen LogP contribution in [-0.2, 0) is 0 Å². The fraction of sp³-hybridized carbons (Fsp3) is 0.727. The van der Waals surface area contributed by atoms with Gasteiger partial charge >= 0.3 is 0 Å². The van der Waals surface area contributed by atoms with Gasteiger partial charge in [0.15, 0.2) is 0 Å². The summed E-state index contributed by atoms with van der Waals surface area (Å²) in [5, 5.41) is 4.53. The molecule has 1 fully saturated rings. The third kappa shape index (κ3) is 1.95. The van der Waals surface area contributed by atoms with Crippen LogP contribution in [0.5, 0.6) is 0 Å². The fourth-order valence-electron chi connectivity index (χ4n) is 2.12. The first-order chi connectivity index (χ1) is 6.81. The van der Waals surface area contributed by atoms with Gasteiger partial charge in [-0.3, -0.25) is 4.68 Å². The summed E-state index contributed by atoms with van der Waals surface area (Å²) in [5.74, 6) is 0. The fourth-order valence-corrected chi connectivity index (χ4v) is 2.23. The first-order valence-corrected chi connectivity index (χ1v) is 5.93. The van der Waals surface area contributed by atoms with E-state index < -0.39 is 0 Å². The number of alkyl halides is 1. The molecule has 1 aliphatic rings. The number of hydrogen-bond donors (Lipinski definition) is 0. The van der Waals surface area contributed by atoms with E-state index in [-0.39, 0.29) is 5.38 Å². The van der Waals surface area contributed by atoms with Crippen molar-refractivity contribution in [2.45, 2.75) is 50.4 Å². The SMILES string of the molecule is CCC(Cl)c1cnn(C2CCCC2)c1. The second-order valence-corrected chi connectivity index (χ2v) is 4.59. The Morgan fingerprint density at radius 1 is 1.57 bits per heavy atom. The van der Waals surface area contributed by atoms with Gasteiger partial charge in [-0.15, -0.1) is 11.6 Å². The van der Waals surface area contributed by atoms with Crippen molar-refractivity contribution in [3.8, 4) is 0 Å². The van der Waals surface area contributed by atoms with E-state index in [9.17, 15) is 0 Å². The molecule has 1 aromatic heterocycles. The summed E-state index contributed by atoms with van der Waals surface area (Å²) < 4.78 is 2.10. The van der Waals surface area contributed by atoms with Gasteiger partial charge in [-0.2, -0.15) is 5.10 Å². The van der Waals surface area contributed by atoms with Gasteiger partial charge in [0.05, 0.1) is 17.6 Å². The van der Waals surface area contributed by atoms with Gasteiger partial charge in [-0.1, -0.05) is 19.8 Å². The molecule has 1 unspecified atom stereocenters. The summed E-state index contributed by atoms with van der Waals surface area (Å²) in [4.78, 5) is 0. The Hall–Kier alpha value is -0.500. The van der Waals surface area contributed by atoms with E-state index in [1.807, 2.05) is 6.20 Å². The molecule has 1 saturated carbocycles. The zero-order valence-corrected chi connectivity index (χ0v) is 9.37. The van der Waals surface area contributed by atoms with Crippen LogP contribution in [0.15, 0.2) is 12.4 Å². The molecule has 1 aromatic rings. The molecule has 0 spiro atoms. The molecule has 1 heterocycles. The maximum Gasteiger partial charge on any atom is 0.0613 e. The van der Waals surface area contributed by atoms with Crippen molar-refractivity contribution in [3.63, 3.8) is 0 Å². The Kier molecular flexibility index (Phi) is 3.12. The molecule has 0 N–H and O–H groups in total. The van der Waals surface area contributed by atoms with Crippen LogP contribution < -0.4 is 0 Å². The molecule has 1 aliphatic carbocycles. The van der Waals surface area contributed by atoms with Crippen LogP contribution in [0.1, 0.15) is 56.0 Å². The largest absolute Gasteiger partial charge is 0.269 e. The molecule has 2 nitrogen and oxygen atoms in total. The van der Waals surface area contributed by atoms with Crippen molar-refractivity contribution < 1.29 is 0 Å². The average Bonchev–Trinajstić information content (AvgIpc) is 2.86. The highest BCUT2D eigenvalue weighted by molar-refractivity contribution is 6.20. The van der Waals surface area contributed by atoms with Crippen molar-refractivity contribution in [1.82, 2.24) is 9.78 Å². The highest BCUT2D eigenvalue weighted by Crippen LogP contribution is 2.30. The zero-order valence-electron chi connectivity index (χ0n) is 8.62. The highest BCUT2D eigenvalue weighted by Gasteiger charge is 2.18. The first-order valence-electron chi connectivity index (χ1n) is 5.49. The Morgan fingerprint density at radius 2 is 2.29 bits per heavy atom. The topological polar surface area (TPSA) is 17.8 Å². The monoisotopic (exact) mass is 212 g/mol. The number of aromatic nitrogens is 2. The minimum atomic E-state index is 0.130. The summed E-state index contributed by atoms with van der Waals surface area (Å²) in [6.07, 6.45) is 10.3. The molecule has 0 aliphatic heterocycles. The average molecular weight is 213 g/mol. The molecular weight excluding hydrogens is 196 g/mol. The summed E-state index contributed by atoms with van der Waals surface area (Å²) in [5.41, 5.74) is 1.17. The molecule has 0 bridgehead atoms. The van der Waals surface area contributed by atoms with Crippen molar-refractivity contribution in [2.24, 2.45) is 0 Å². The minimum absolute atomic E-state index is 0.130. The van der Waals surface area contributed by atoms with Gasteiger partial charge in [0.1, 0.15) is 0 Å². The van der Waals surface area contributed by atoms with Gasteiger partial charge in [0.2, 0.25) is 0 Å². The summed E-state index contributed by atoms with van der Waals surface area (Å²) in [7, 11) is 0. The van der Waals surface area contributed by atoms with Crippen LogP contribution >= 0.6 is 11.6 Å². The molecule has 1 atom stereocenters. The predicted molar refractivity (Wildman–Crippen MR) is 58.6 cm³/mol. The van der Waals surface area contributed by atoms with Crippen molar-refractivity contribution in [2.75, 3.05) is 0 Å². The molecule has 0 aromatic carbocycles. The minimum Gasteiger partial charge on any atom is -0.269 e. The molecule has 0 saturated heterocycles. The van der Waals surface area contributed by atoms with E-state index in [0.717, 1.165) is 6.42 Å². The quantitative estimate of drug-likeness (QED) is 0.699. The maximum atomic E-state index is 6.16. The van der Waals surface area contributed by atoms with E-state index in [0.29, 0.717) is 6.04 Å². The van der Waals surface area contributed by atoms with Crippen LogP contribution in [0.3, 0.4) is 0 Å². The van der Waals surface area contributed by atoms with E-state index in [1.54, 1.807) is 0 Å². The van der Waals surface area contributed by atoms with Crippen molar-refractivity contribution in [1.29, 1.82) is 0 Å². The van der Waals surface area contributed by atoms with E-state index >= 15 is 0 Å². The maximum absolute atomic E-state index is 6.16. The molecule has 0 amide bonds. The lowest BCUT2D eigenvalue weighted by Crippen LogP contribution is -2.04. The van der Waals surface area contributed by atoms with Crippen LogP contribution in [0.2, 0.25) is 0 Å². The van der Waals surface area contributed by atoms with E-state index in [1.165, 1.54) is 31.2 Å². The smallest absolute Gasteiger partial charge is 0.0613 e. The lowest BCUT2D eigenvalue weighted by Gasteiger charge is -2.08. The molecular formula is C11H17ClN2. The van der Waals surface area contributed by atoms with Crippen LogP contribution in [0.4, 0.5) is 0 Å². The normalized spacial score (nSPS) is 20.1. The zero-order chi connectivity index (χ0) is 9.97. The summed E-state index contributed by atoms with van der Waals surface area (Å²) in [6, 6.07) is 0.629. The van der Waals surface area contributed by atoms with Crippen molar-refractivity contribution in [3.05, 3.63) is 18.0 Å². The van der Waals surface area contributed by atoms with Crippen molar-refractivity contribution >= 4 is 11.6 Å². The van der Waals surface area contributed by atoms with Crippen LogP contribution in [0.25, 0.3) is 0 Å². The van der Waals surface area contributed by atoms with Gasteiger partial charge in [0, 0.05) is 11.8 Å². The number of rotatable bonds is 3. The van der Waals surface area contributed by atoms with Gasteiger partial charge in [-0.25, -0.2) is 0 Å². The van der Waals surface area contributed by atoms with Gasteiger partial charge < -0.3 is 0 Å². The molecule has 2 rings (SSSR count). The second kappa shape index (κ2) is 4.35. The number of halogens is 1. The van der Waals surface area contributed by atoms with E-state index in [4.69, 9.17) is 11.6 Å². The Labute approximate surface area is 90.3 Å². The standard InChI is InChI=1S/C11H17ClN2/c1-2-11(12)9-7-13-14(8-9)10-5-3-4-6-10/h7-8,10-11H,2-6H2,1H3. The molecule has 0 radical (unpaired) electrons. The summed E-state index contributed by atoms with van der Waals surface area (Å²) >= 11 is 6.16. The number of nitrogens with zero attached hydrogens (tertiary/aromatic N) is 2. The molecule has 3 heteroatoms. The Morgan fingerprint density at radius 3 is 2.93 bits per heavy atom. The highest BCUT2D eigenvalue weighted by atomic mass is 35.5.